The third-order valence-corrected chi connectivity index (χ3v) is 4.62. The van der Waals surface area contributed by atoms with Gasteiger partial charge in [-0.1, -0.05) is 48.5 Å². The van der Waals surface area contributed by atoms with Gasteiger partial charge in [0.25, 0.3) is 5.91 Å². The number of aromatic nitrogens is 1. The van der Waals surface area contributed by atoms with Crippen molar-refractivity contribution >= 4 is 11.6 Å². The molecule has 0 saturated carbocycles. The molecule has 0 aliphatic carbocycles. The Morgan fingerprint density at radius 2 is 1.54 bits per heavy atom. The van der Waals surface area contributed by atoms with Crippen LogP contribution in [-0.2, 0) is 6.54 Å². The van der Waals surface area contributed by atoms with Crippen LogP contribution in [0.15, 0.2) is 71.5 Å². The molecule has 1 aromatic heterocycles. The molecule has 0 aliphatic rings. The lowest BCUT2D eigenvalue weighted by Gasteiger charge is -2.21. The number of hydrogen-bond acceptors (Lipinski definition) is 2. The van der Waals surface area contributed by atoms with Crippen LogP contribution in [-0.4, -0.2) is 17.5 Å². The Hall–Kier alpha value is -3.14. The van der Waals surface area contributed by atoms with Gasteiger partial charge in [-0.05, 0) is 31.5 Å². The van der Waals surface area contributed by atoms with Gasteiger partial charge in [0.05, 0.1) is 0 Å². The second kappa shape index (κ2) is 7.40. The molecule has 0 aliphatic heterocycles. The van der Waals surface area contributed by atoms with E-state index in [-0.39, 0.29) is 16.9 Å². The predicted molar refractivity (Wildman–Crippen MR) is 105 cm³/mol. The maximum absolute atomic E-state index is 13.0. The van der Waals surface area contributed by atoms with Gasteiger partial charge in [-0.15, -0.1) is 0 Å². The Labute approximate surface area is 153 Å². The van der Waals surface area contributed by atoms with Gasteiger partial charge in [0.1, 0.15) is 5.56 Å². The highest BCUT2D eigenvalue weighted by Gasteiger charge is 2.21. The van der Waals surface area contributed by atoms with Gasteiger partial charge in [0.2, 0.25) is 0 Å². The predicted octanol–water partition coefficient (Wildman–Crippen LogP) is 3.79. The summed E-state index contributed by atoms with van der Waals surface area (Å²) in [5.41, 5.74) is 3.39. The minimum Gasteiger partial charge on any atom is -0.344 e. The Balaban J connectivity index is 2.03. The molecular formula is C22H22N2O2. The van der Waals surface area contributed by atoms with Crippen molar-refractivity contribution in [1.29, 1.82) is 0 Å². The fraction of sp³-hybridized carbons (Fsp3) is 0.182. The van der Waals surface area contributed by atoms with Crippen LogP contribution in [0, 0.1) is 13.8 Å². The van der Waals surface area contributed by atoms with E-state index in [2.05, 4.69) is 0 Å². The number of anilines is 1. The second-order valence-electron chi connectivity index (χ2n) is 6.38. The minimum atomic E-state index is -0.291. The summed E-state index contributed by atoms with van der Waals surface area (Å²) in [6.45, 7) is 4.35. The summed E-state index contributed by atoms with van der Waals surface area (Å²) in [7, 11) is 1.69. The Morgan fingerprint density at radius 3 is 2.15 bits per heavy atom. The minimum absolute atomic E-state index is 0.220. The molecule has 0 unspecified atom stereocenters. The molecule has 3 aromatic rings. The number of hydrogen-bond donors (Lipinski definition) is 0. The summed E-state index contributed by atoms with van der Waals surface area (Å²) in [4.78, 5) is 27.1. The average molecular weight is 346 g/mol. The molecule has 0 saturated heterocycles. The van der Waals surface area contributed by atoms with Crippen molar-refractivity contribution in [2.24, 2.45) is 0 Å². The number of amides is 1. The topological polar surface area (TPSA) is 42.3 Å². The number of para-hydroxylation sites is 1. The molecule has 4 heteroatoms. The van der Waals surface area contributed by atoms with Gasteiger partial charge < -0.3 is 9.47 Å². The fourth-order valence-electron chi connectivity index (χ4n) is 3.12. The SMILES string of the molecule is Cc1cc(=O)c(C(=O)N(C)c2ccccc2)c(C)n1Cc1ccccc1. The smallest absolute Gasteiger partial charge is 0.263 e. The molecule has 1 heterocycles. The molecule has 0 radical (unpaired) electrons. The summed E-state index contributed by atoms with van der Waals surface area (Å²) in [6, 6.07) is 20.9. The van der Waals surface area contributed by atoms with E-state index in [1.165, 1.54) is 4.90 Å². The molecule has 0 N–H and O–H groups in total. The van der Waals surface area contributed by atoms with Crippen LogP contribution in [0.3, 0.4) is 0 Å². The van der Waals surface area contributed by atoms with Crippen LogP contribution in [0.1, 0.15) is 27.3 Å². The van der Waals surface area contributed by atoms with Gasteiger partial charge in [0, 0.05) is 36.7 Å². The number of benzene rings is 2. The molecule has 0 spiro atoms. The normalized spacial score (nSPS) is 10.6. The van der Waals surface area contributed by atoms with Crippen molar-refractivity contribution in [3.63, 3.8) is 0 Å². The van der Waals surface area contributed by atoms with Crippen LogP contribution < -0.4 is 10.3 Å². The second-order valence-corrected chi connectivity index (χ2v) is 6.38. The van der Waals surface area contributed by atoms with Crippen LogP contribution in [0.25, 0.3) is 0 Å². The average Bonchev–Trinajstić information content (AvgIpc) is 2.66. The molecule has 3 rings (SSSR count). The Kier molecular flexibility index (Phi) is 5.03. The van der Waals surface area contributed by atoms with E-state index in [1.807, 2.05) is 79.1 Å². The Morgan fingerprint density at radius 1 is 0.962 bits per heavy atom. The van der Waals surface area contributed by atoms with Crippen LogP contribution in [0.4, 0.5) is 5.69 Å². The highest BCUT2D eigenvalue weighted by Crippen LogP contribution is 2.17. The van der Waals surface area contributed by atoms with Gasteiger partial charge in [-0.2, -0.15) is 0 Å². The third-order valence-electron chi connectivity index (χ3n) is 4.62. The highest BCUT2D eigenvalue weighted by atomic mass is 16.2. The molecular weight excluding hydrogens is 324 g/mol. The number of carbonyl (C=O) groups is 1. The molecule has 26 heavy (non-hydrogen) atoms. The van der Waals surface area contributed by atoms with Crippen molar-refractivity contribution < 1.29 is 4.79 Å². The first kappa shape index (κ1) is 17.7. The van der Waals surface area contributed by atoms with Crippen LogP contribution in [0.2, 0.25) is 0 Å². The van der Waals surface area contributed by atoms with Crippen LogP contribution in [0.5, 0.6) is 0 Å². The van der Waals surface area contributed by atoms with E-state index >= 15 is 0 Å². The first-order valence-corrected chi connectivity index (χ1v) is 8.57. The number of aryl methyl sites for hydroxylation is 1. The quantitative estimate of drug-likeness (QED) is 0.721. The number of nitrogens with zero attached hydrogens (tertiary/aromatic N) is 2. The highest BCUT2D eigenvalue weighted by molar-refractivity contribution is 6.06. The lowest BCUT2D eigenvalue weighted by molar-refractivity contribution is 0.0990. The Bertz CT molecular complexity index is 976. The van der Waals surface area contributed by atoms with Crippen molar-refractivity contribution in [2.75, 3.05) is 11.9 Å². The molecule has 0 fully saturated rings. The van der Waals surface area contributed by atoms with E-state index in [0.29, 0.717) is 12.2 Å². The standard InChI is InChI=1S/C22H22N2O2/c1-16-14-20(25)21(22(26)23(3)19-12-8-5-9-13-19)17(2)24(16)15-18-10-6-4-7-11-18/h4-14H,15H2,1-3H3. The zero-order valence-corrected chi connectivity index (χ0v) is 15.3. The first-order chi connectivity index (χ1) is 12.5. The lowest BCUT2D eigenvalue weighted by atomic mass is 10.1. The van der Waals surface area contributed by atoms with E-state index < -0.39 is 0 Å². The van der Waals surface area contributed by atoms with Crippen molar-refractivity contribution in [3.05, 3.63) is 99.5 Å². The summed E-state index contributed by atoms with van der Waals surface area (Å²) in [5.74, 6) is -0.291. The molecule has 2 aromatic carbocycles. The van der Waals surface area contributed by atoms with Crippen LogP contribution >= 0.6 is 0 Å². The number of carbonyl (C=O) groups excluding carboxylic acids is 1. The summed E-state index contributed by atoms with van der Waals surface area (Å²) >= 11 is 0. The molecule has 1 amide bonds. The lowest BCUT2D eigenvalue weighted by Crippen LogP contribution is -2.33. The monoisotopic (exact) mass is 346 g/mol. The van der Waals surface area contributed by atoms with E-state index in [0.717, 1.165) is 16.9 Å². The van der Waals surface area contributed by atoms with E-state index in [9.17, 15) is 9.59 Å². The zero-order chi connectivity index (χ0) is 18.7. The fourth-order valence-corrected chi connectivity index (χ4v) is 3.12. The molecule has 132 valence electrons. The maximum Gasteiger partial charge on any atom is 0.263 e. The van der Waals surface area contributed by atoms with Crippen molar-refractivity contribution in [1.82, 2.24) is 4.57 Å². The first-order valence-electron chi connectivity index (χ1n) is 8.57. The number of pyridine rings is 1. The summed E-state index contributed by atoms with van der Waals surface area (Å²) < 4.78 is 2.02. The van der Waals surface area contributed by atoms with Gasteiger partial charge in [-0.25, -0.2) is 0 Å². The van der Waals surface area contributed by atoms with Gasteiger partial charge >= 0.3 is 0 Å². The van der Waals surface area contributed by atoms with Crippen molar-refractivity contribution in [2.45, 2.75) is 20.4 Å². The summed E-state index contributed by atoms with van der Waals surface area (Å²) in [6.07, 6.45) is 0. The van der Waals surface area contributed by atoms with Crippen molar-refractivity contribution in [3.8, 4) is 0 Å². The van der Waals surface area contributed by atoms with E-state index in [1.54, 1.807) is 13.1 Å². The molecule has 4 nitrogen and oxygen atoms in total. The summed E-state index contributed by atoms with van der Waals surface area (Å²) in [5, 5.41) is 0. The van der Waals surface area contributed by atoms with Gasteiger partial charge in [-0.3, -0.25) is 9.59 Å². The zero-order valence-electron chi connectivity index (χ0n) is 15.3. The maximum atomic E-state index is 13.0. The van der Waals surface area contributed by atoms with E-state index in [4.69, 9.17) is 0 Å². The van der Waals surface area contributed by atoms with Gasteiger partial charge in [0.15, 0.2) is 5.43 Å². The molecule has 0 bridgehead atoms. The molecule has 0 atom stereocenters. The number of rotatable bonds is 4. The third kappa shape index (κ3) is 3.45. The largest absolute Gasteiger partial charge is 0.344 e.